The first-order chi connectivity index (χ1) is 20.6. The first-order valence-electron chi connectivity index (χ1n) is 14.1. The van der Waals surface area contributed by atoms with E-state index in [-0.39, 0.29) is 29.2 Å². The van der Waals surface area contributed by atoms with Crippen molar-refractivity contribution >= 4 is 23.5 Å². The molecule has 3 aliphatic carbocycles. The molecule has 2 bridgehead atoms. The number of hydrogen-bond donors (Lipinski definition) is 0. The van der Waals surface area contributed by atoms with Gasteiger partial charge < -0.3 is 4.74 Å². The van der Waals surface area contributed by atoms with Crippen LogP contribution in [0.15, 0.2) is 127 Å². The highest BCUT2D eigenvalue weighted by Gasteiger charge is 2.61. The van der Waals surface area contributed by atoms with Crippen molar-refractivity contribution in [3.63, 3.8) is 0 Å². The molecule has 1 saturated heterocycles. The lowest BCUT2D eigenvalue weighted by Crippen LogP contribution is -2.41. The van der Waals surface area contributed by atoms with Gasteiger partial charge in [-0.3, -0.25) is 9.59 Å². The van der Waals surface area contributed by atoms with E-state index in [4.69, 9.17) is 4.74 Å². The van der Waals surface area contributed by atoms with Crippen molar-refractivity contribution in [2.75, 3.05) is 4.90 Å². The standard InChI is InChI=1S/C37H25NO4/c39-35-33-31-27-13-4-5-14-28(27)32(30-16-7-6-15-29(30)31)34(33)36(40)38(35)25-12-8-11-24(21-25)37(41)42-26-19-17-23(18-20-26)22-9-2-1-3-10-22/h1-21,31-34H/t31?,32?,33-,34+. The second kappa shape index (κ2) is 9.38. The normalized spacial score (nSPS) is 21.5. The van der Waals surface area contributed by atoms with Gasteiger partial charge in [-0.25, -0.2) is 9.69 Å². The third kappa shape index (κ3) is 3.60. The molecule has 0 aromatic heterocycles. The van der Waals surface area contributed by atoms with Gasteiger partial charge in [0.15, 0.2) is 0 Å². The van der Waals surface area contributed by atoms with Crippen LogP contribution in [0.5, 0.6) is 5.75 Å². The van der Waals surface area contributed by atoms with E-state index in [9.17, 15) is 14.4 Å². The molecule has 1 fully saturated rings. The van der Waals surface area contributed by atoms with Crippen LogP contribution in [0.1, 0.15) is 44.4 Å². The van der Waals surface area contributed by atoms with E-state index in [1.165, 1.54) is 4.90 Å². The number of carbonyl (C=O) groups is 3. The number of hydrogen-bond acceptors (Lipinski definition) is 4. The Kier molecular flexibility index (Phi) is 5.47. The molecular formula is C37H25NO4. The second-order valence-corrected chi connectivity index (χ2v) is 11.1. The lowest BCUT2D eigenvalue weighted by atomic mass is 9.55. The van der Waals surface area contributed by atoms with Crippen LogP contribution >= 0.6 is 0 Å². The van der Waals surface area contributed by atoms with Gasteiger partial charge in [-0.15, -0.1) is 0 Å². The van der Waals surface area contributed by atoms with E-state index in [0.29, 0.717) is 11.4 Å². The molecule has 42 heavy (non-hydrogen) atoms. The number of anilines is 1. The van der Waals surface area contributed by atoms with Gasteiger partial charge in [-0.2, -0.15) is 0 Å². The quantitative estimate of drug-likeness (QED) is 0.139. The molecular weight excluding hydrogens is 522 g/mol. The molecule has 0 spiro atoms. The molecule has 2 atom stereocenters. The van der Waals surface area contributed by atoms with Gasteiger partial charge >= 0.3 is 5.97 Å². The fourth-order valence-corrected chi connectivity index (χ4v) is 7.22. The maximum absolute atomic E-state index is 14.1. The molecule has 0 N–H and O–H groups in total. The number of ether oxygens (including phenoxy) is 1. The summed E-state index contributed by atoms with van der Waals surface area (Å²) in [5.41, 5.74) is 7.25. The highest BCUT2D eigenvalue weighted by atomic mass is 16.5. The molecule has 5 aromatic rings. The van der Waals surface area contributed by atoms with Crippen LogP contribution in [0.25, 0.3) is 11.1 Å². The SMILES string of the molecule is O=C(Oc1ccc(-c2ccccc2)cc1)c1cccc(N2C(=O)[C@@H]3C4c5ccccc5C(c5ccccc54)[C@@H]3C2=O)c1. The van der Waals surface area contributed by atoms with Gasteiger partial charge in [0.05, 0.1) is 23.1 Å². The minimum Gasteiger partial charge on any atom is -0.423 e. The molecule has 5 nitrogen and oxygen atoms in total. The van der Waals surface area contributed by atoms with Gasteiger partial charge in [0.25, 0.3) is 0 Å². The zero-order valence-electron chi connectivity index (χ0n) is 22.5. The Bertz CT molecular complexity index is 1780. The smallest absolute Gasteiger partial charge is 0.343 e. The van der Waals surface area contributed by atoms with Crippen LogP contribution in [-0.4, -0.2) is 17.8 Å². The summed E-state index contributed by atoms with van der Waals surface area (Å²) in [6, 6.07) is 40.2. The summed E-state index contributed by atoms with van der Waals surface area (Å²) in [5, 5.41) is 0. The number of esters is 1. The van der Waals surface area contributed by atoms with E-state index in [1.807, 2.05) is 66.7 Å². The molecule has 4 aliphatic rings. The molecule has 9 rings (SSSR count). The summed E-state index contributed by atoms with van der Waals surface area (Å²) < 4.78 is 5.66. The Morgan fingerprint density at radius 2 is 1.05 bits per heavy atom. The lowest BCUT2D eigenvalue weighted by molar-refractivity contribution is -0.122. The molecule has 5 aromatic carbocycles. The van der Waals surface area contributed by atoms with Crippen molar-refractivity contribution in [2.24, 2.45) is 11.8 Å². The van der Waals surface area contributed by atoms with E-state index >= 15 is 0 Å². The summed E-state index contributed by atoms with van der Waals surface area (Å²) >= 11 is 0. The van der Waals surface area contributed by atoms with E-state index in [2.05, 4.69) is 24.3 Å². The van der Waals surface area contributed by atoms with Crippen LogP contribution in [0.2, 0.25) is 0 Å². The van der Waals surface area contributed by atoms with Gasteiger partial charge in [-0.1, -0.05) is 97.1 Å². The van der Waals surface area contributed by atoms with Gasteiger partial charge in [0.2, 0.25) is 11.8 Å². The van der Waals surface area contributed by atoms with E-state index < -0.39 is 17.8 Å². The first kappa shape index (κ1) is 24.5. The summed E-state index contributed by atoms with van der Waals surface area (Å²) in [5.74, 6) is -1.90. The zero-order chi connectivity index (χ0) is 28.4. The van der Waals surface area contributed by atoms with Crippen LogP contribution < -0.4 is 9.64 Å². The predicted molar refractivity (Wildman–Crippen MR) is 159 cm³/mol. The molecule has 5 heteroatoms. The topological polar surface area (TPSA) is 63.7 Å². The highest BCUT2D eigenvalue weighted by molar-refractivity contribution is 6.23. The van der Waals surface area contributed by atoms with Crippen molar-refractivity contribution in [3.05, 3.63) is 155 Å². The predicted octanol–water partition coefficient (Wildman–Crippen LogP) is 6.97. The molecule has 0 unspecified atom stereocenters. The highest BCUT2D eigenvalue weighted by Crippen LogP contribution is 2.61. The maximum Gasteiger partial charge on any atom is 0.343 e. The Morgan fingerprint density at radius 1 is 0.548 bits per heavy atom. The molecule has 2 amide bonds. The zero-order valence-corrected chi connectivity index (χ0v) is 22.5. The fraction of sp³-hybridized carbons (Fsp3) is 0.108. The lowest BCUT2D eigenvalue weighted by Gasteiger charge is -2.45. The van der Waals surface area contributed by atoms with Crippen LogP contribution in [0, 0.1) is 11.8 Å². The average molecular weight is 548 g/mol. The Balaban J connectivity index is 1.09. The van der Waals surface area contributed by atoms with E-state index in [1.54, 1.807) is 36.4 Å². The first-order valence-corrected chi connectivity index (χ1v) is 14.1. The third-order valence-electron chi connectivity index (χ3n) is 8.96. The summed E-state index contributed by atoms with van der Waals surface area (Å²) in [7, 11) is 0. The van der Waals surface area contributed by atoms with Gasteiger partial charge in [0.1, 0.15) is 5.75 Å². The number of carbonyl (C=O) groups excluding carboxylic acids is 3. The minimum atomic E-state index is -0.555. The van der Waals surface area contributed by atoms with Crippen LogP contribution in [0.4, 0.5) is 5.69 Å². The summed E-state index contributed by atoms with van der Waals surface area (Å²) in [4.78, 5) is 42.6. The maximum atomic E-state index is 14.1. The summed E-state index contributed by atoms with van der Waals surface area (Å²) in [6.07, 6.45) is 0. The van der Waals surface area contributed by atoms with E-state index in [0.717, 1.165) is 33.4 Å². The van der Waals surface area contributed by atoms with Crippen molar-refractivity contribution in [3.8, 4) is 16.9 Å². The Hall–Kier alpha value is -5.29. The number of amides is 2. The molecule has 1 heterocycles. The number of nitrogens with zero attached hydrogens (tertiary/aromatic N) is 1. The van der Waals surface area contributed by atoms with Gasteiger partial charge in [-0.05, 0) is 63.7 Å². The fourth-order valence-electron chi connectivity index (χ4n) is 7.22. The monoisotopic (exact) mass is 547 g/mol. The molecule has 202 valence electrons. The van der Waals surface area contributed by atoms with Gasteiger partial charge in [0, 0.05) is 11.8 Å². The number of imide groups is 1. The Morgan fingerprint density at radius 3 is 1.60 bits per heavy atom. The number of benzene rings is 5. The Labute approximate surface area is 243 Å². The minimum absolute atomic E-state index is 0.180. The molecule has 1 aliphatic heterocycles. The van der Waals surface area contributed by atoms with Crippen LogP contribution in [0.3, 0.4) is 0 Å². The summed E-state index contributed by atoms with van der Waals surface area (Å²) in [6.45, 7) is 0. The molecule has 0 saturated carbocycles. The van der Waals surface area contributed by atoms with Crippen molar-refractivity contribution < 1.29 is 19.1 Å². The van der Waals surface area contributed by atoms with Crippen LogP contribution in [-0.2, 0) is 9.59 Å². The largest absolute Gasteiger partial charge is 0.423 e. The molecule has 0 radical (unpaired) electrons. The average Bonchev–Trinajstić information content (AvgIpc) is 3.31. The second-order valence-electron chi connectivity index (χ2n) is 11.1. The van der Waals surface area contributed by atoms with Crippen molar-refractivity contribution in [1.82, 2.24) is 0 Å². The van der Waals surface area contributed by atoms with Crippen molar-refractivity contribution in [2.45, 2.75) is 11.8 Å². The van der Waals surface area contributed by atoms with Crippen molar-refractivity contribution in [1.29, 1.82) is 0 Å². The number of rotatable bonds is 4. The third-order valence-corrected chi connectivity index (χ3v) is 8.96.